The number of carboxylic acids is 2. The summed E-state index contributed by atoms with van der Waals surface area (Å²) in [4.78, 5) is 55.7. The van der Waals surface area contributed by atoms with Crippen molar-refractivity contribution >= 4 is 29.7 Å². The molecule has 0 aromatic carbocycles. The molecule has 210 valence electrons. The highest BCUT2D eigenvalue weighted by Crippen LogP contribution is 2.12. The van der Waals surface area contributed by atoms with E-state index in [1.54, 1.807) is 5.43 Å². The fraction of sp³-hybridized carbons (Fsp3) is 0.643. The Morgan fingerprint density at radius 3 is 1.75 bits per heavy atom. The van der Waals surface area contributed by atoms with Crippen molar-refractivity contribution in [3.63, 3.8) is 0 Å². The Balaban J connectivity index is -0.000000632. The third-order valence-corrected chi connectivity index (χ3v) is 3.10. The molecule has 0 heterocycles. The summed E-state index contributed by atoms with van der Waals surface area (Å²) in [5, 5.41) is 26.9. The summed E-state index contributed by atoms with van der Waals surface area (Å²) in [6.07, 6.45) is -9.52. The number of hydrazine groups is 1. The molecular weight excluding hydrogens is 522 g/mol. The average molecular weight is 546 g/mol. The van der Waals surface area contributed by atoms with Crippen LogP contribution in [0.3, 0.4) is 0 Å². The van der Waals surface area contributed by atoms with Gasteiger partial charge in [0.1, 0.15) is 11.9 Å². The number of carbonyl (C=O) groups excluding carboxylic acids is 4. The van der Waals surface area contributed by atoms with Crippen molar-refractivity contribution in [1.82, 2.24) is 10.3 Å². The first kappa shape index (κ1) is 36.6. The van der Waals surface area contributed by atoms with Crippen molar-refractivity contribution < 1.29 is 72.2 Å². The predicted molar refractivity (Wildman–Crippen MR) is 98.2 cm³/mol. The van der Waals surface area contributed by atoms with Gasteiger partial charge in [-0.2, -0.15) is 26.3 Å². The lowest BCUT2D eigenvalue weighted by atomic mass is 10.1. The molecular formula is C14H24F6N8O8. The van der Waals surface area contributed by atoms with Gasteiger partial charge >= 0.3 is 12.4 Å². The number of aliphatic imine (C=N–C) groups is 1. The number of nitrogens with one attached hydrogen (secondary N) is 1. The molecule has 16 nitrogen and oxygen atoms in total. The van der Waals surface area contributed by atoms with Gasteiger partial charge in [-0.3, -0.25) is 9.59 Å². The Bertz CT molecular complexity index is 753. The average Bonchev–Trinajstić information content (AvgIpc) is 2.68. The smallest absolute Gasteiger partial charge is 0.430 e. The van der Waals surface area contributed by atoms with Gasteiger partial charge in [0.25, 0.3) is 11.9 Å². The zero-order valence-electron chi connectivity index (χ0n) is 18.3. The molecule has 0 radical (unpaired) electrons. The maximum absolute atomic E-state index is 12.1. The second-order valence-electron chi connectivity index (χ2n) is 6.13. The van der Waals surface area contributed by atoms with E-state index in [1.165, 1.54) is 4.90 Å². The van der Waals surface area contributed by atoms with Crippen molar-refractivity contribution in [2.45, 2.75) is 31.2 Å². The maximum atomic E-state index is 12.1. The second kappa shape index (κ2) is 17.5. The van der Waals surface area contributed by atoms with Crippen LogP contribution >= 0.6 is 0 Å². The number of primary amides is 1. The molecule has 1 atom stereocenters. The van der Waals surface area contributed by atoms with E-state index in [0.717, 1.165) is 0 Å². The topological polar surface area (TPSA) is 292 Å². The van der Waals surface area contributed by atoms with Gasteiger partial charge in [-0.25, -0.2) is 15.1 Å². The molecule has 0 aliphatic carbocycles. The second-order valence-corrected chi connectivity index (χ2v) is 6.13. The molecule has 0 aliphatic rings. The number of carbonyl (C=O) groups is 4. The van der Waals surface area contributed by atoms with E-state index >= 15 is 0 Å². The molecule has 0 rings (SSSR count). The maximum Gasteiger partial charge on any atom is 0.430 e. The Labute approximate surface area is 197 Å². The molecule has 11 N–H and O–H groups in total. The van der Waals surface area contributed by atoms with E-state index in [0.29, 0.717) is 25.9 Å². The first-order valence-electron chi connectivity index (χ1n) is 9.13. The molecule has 36 heavy (non-hydrogen) atoms. The minimum absolute atomic E-state index is 0.168. The predicted octanol–water partition coefficient (Wildman–Crippen LogP) is -6.37. The van der Waals surface area contributed by atoms with Gasteiger partial charge in [-0.1, -0.05) is 5.43 Å². The number of nitrogens with two attached hydrogens (primary N) is 2. The molecule has 0 fully saturated rings. The number of amides is 2. The lowest BCUT2D eigenvalue weighted by Gasteiger charge is -2.21. The number of halogens is 6. The lowest BCUT2D eigenvalue weighted by Crippen LogP contribution is -2.69. The van der Waals surface area contributed by atoms with Crippen LogP contribution in [0.2, 0.25) is 0 Å². The van der Waals surface area contributed by atoms with Gasteiger partial charge in [0.05, 0.1) is 19.6 Å². The van der Waals surface area contributed by atoms with Crippen molar-refractivity contribution in [3.8, 4) is 0 Å². The largest absolute Gasteiger partial charge is 0.542 e. The van der Waals surface area contributed by atoms with Crippen LogP contribution in [0.1, 0.15) is 12.8 Å². The monoisotopic (exact) mass is 546 g/mol. The van der Waals surface area contributed by atoms with Crippen LogP contribution in [0, 0.1) is 10.1 Å². The Kier molecular flexibility index (Phi) is 17.8. The van der Waals surface area contributed by atoms with Crippen molar-refractivity contribution in [2.75, 3.05) is 26.2 Å². The van der Waals surface area contributed by atoms with Crippen molar-refractivity contribution in [2.24, 2.45) is 16.5 Å². The van der Waals surface area contributed by atoms with E-state index in [2.05, 4.69) is 16.5 Å². The summed E-state index contributed by atoms with van der Waals surface area (Å²) < 4.78 is 63.1. The third kappa shape index (κ3) is 21.9. The summed E-state index contributed by atoms with van der Waals surface area (Å²) in [5.74, 6) is -7.20. The Morgan fingerprint density at radius 1 is 1.03 bits per heavy atom. The number of rotatable bonds is 10. The van der Waals surface area contributed by atoms with Crippen molar-refractivity contribution in [3.05, 3.63) is 10.1 Å². The van der Waals surface area contributed by atoms with Crippen LogP contribution < -0.4 is 38.6 Å². The minimum Gasteiger partial charge on any atom is -0.542 e. The fourth-order valence-corrected chi connectivity index (χ4v) is 1.69. The van der Waals surface area contributed by atoms with Crippen LogP contribution in [0.15, 0.2) is 4.99 Å². The summed E-state index contributed by atoms with van der Waals surface area (Å²) >= 11 is 0. The molecule has 0 aromatic rings. The number of hydrogen-bond acceptors (Lipinski definition) is 9. The number of nitrogens with zero attached hydrogens (tertiary/aromatic N) is 3. The van der Waals surface area contributed by atoms with Gasteiger partial charge in [0.2, 0.25) is 5.91 Å². The Morgan fingerprint density at radius 2 is 1.44 bits per heavy atom. The lowest BCUT2D eigenvalue weighted by molar-refractivity contribution is -0.525. The van der Waals surface area contributed by atoms with Gasteiger partial charge in [0, 0.05) is 13.0 Å². The number of quaternary nitrogens is 2. The summed E-state index contributed by atoms with van der Waals surface area (Å²) in [7, 11) is 0. The Hall–Kier alpha value is -3.95. The quantitative estimate of drug-likeness (QED) is 0.0431. The SMILES string of the molecule is NC(=O)CN(CC[NH3+])C(=O)[C@@H]([NH3+])CCCN=C(N)N[N+](=O)[O-].O=C([O-])C(F)(F)F.O=C([O-])C(F)(F)F. The highest BCUT2D eigenvalue weighted by atomic mass is 19.4. The highest BCUT2D eigenvalue weighted by molar-refractivity contribution is 5.86. The number of aliphatic carboxylic acids is 2. The third-order valence-electron chi connectivity index (χ3n) is 3.10. The van der Waals surface area contributed by atoms with Gasteiger partial charge < -0.3 is 47.6 Å². The molecule has 0 aliphatic heterocycles. The summed E-state index contributed by atoms with van der Waals surface area (Å²) in [6.45, 7) is 0.833. The molecule has 22 heteroatoms. The zero-order chi connectivity index (χ0) is 29.3. The van der Waals surface area contributed by atoms with Crippen LogP contribution in [0.4, 0.5) is 26.3 Å². The van der Waals surface area contributed by atoms with Crippen LogP contribution in [0.25, 0.3) is 0 Å². The number of carboxylic acid groups (broad SMARTS) is 2. The molecule has 0 bridgehead atoms. The molecule has 2 amide bonds. The molecule has 0 saturated carbocycles. The van der Waals surface area contributed by atoms with E-state index < -0.39 is 41.3 Å². The number of hydrogen-bond donors (Lipinski definition) is 5. The number of alkyl halides is 6. The van der Waals surface area contributed by atoms with Gasteiger partial charge in [0.15, 0.2) is 11.1 Å². The van der Waals surface area contributed by atoms with E-state index in [9.17, 15) is 46.0 Å². The van der Waals surface area contributed by atoms with E-state index in [1.807, 2.05) is 0 Å². The van der Waals surface area contributed by atoms with Crippen LogP contribution in [-0.4, -0.2) is 84.2 Å². The first-order chi connectivity index (χ1) is 16.2. The molecule has 0 spiro atoms. The standard InChI is InChI=1S/C10H22N8O4.2C2HF3O2/c11-3-5-17(6-8(13)19)9(20)7(12)2-1-4-15-10(14)16-18(21)22;2*3-2(4,5)1(6)7/h7H,1-6,11-12H2,(H2,13,19)(H3,14,15,16);2*(H,6,7)/t7-;;/m0../s1. The van der Waals surface area contributed by atoms with Crippen molar-refractivity contribution in [1.29, 1.82) is 0 Å². The fourth-order valence-electron chi connectivity index (χ4n) is 1.69. The van der Waals surface area contributed by atoms with E-state index in [4.69, 9.17) is 31.3 Å². The zero-order valence-corrected chi connectivity index (χ0v) is 18.3. The van der Waals surface area contributed by atoms with E-state index in [-0.39, 0.29) is 25.0 Å². The molecule has 0 saturated heterocycles. The number of nitro groups is 1. The summed E-state index contributed by atoms with van der Waals surface area (Å²) in [5.41, 5.74) is 19.4. The van der Waals surface area contributed by atoms with Crippen LogP contribution in [0.5, 0.6) is 0 Å². The minimum atomic E-state index is -5.19. The molecule has 0 aromatic heterocycles. The highest BCUT2D eigenvalue weighted by Gasteiger charge is 2.29. The summed E-state index contributed by atoms with van der Waals surface area (Å²) in [6, 6.07) is -0.564. The van der Waals surface area contributed by atoms with Gasteiger partial charge in [-0.05, 0) is 6.42 Å². The first-order valence-corrected chi connectivity index (χ1v) is 9.13. The van der Waals surface area contributed by atoms with Gasteiger partial charge in [-0.15, -0.1) is 0 Å². The number of guanidine groups is 1. The van der Waals surface area contributed by atoms with Crippen LogP contribution in [-0.2, 0) is 19.2 Å². The normalized spacial score (nSPS) is 12.1. The molecule has 0 unspecified atom stereocenters.